The SMILES string of the molecule is Cc1cc(-c2ccc(C3CC3)nc2)c(CN2CCC3(CC2)CN(c2ccccc2)C(=O)O3)cc1C(F)(F)F. The van der Waals surface area contributed by atoms with Crippen molar-refractivity contribution in [1.82, 2.24) is 9.88 Å². The molecule has 198 valence electrons. The van der Waals surface area contributed by atoms with Gasteiger partial charge in [-0.25, -0.2) is 4.79 Å². The van der Waals surface area contributed by atoms with Gasteiger partial charge in [0.25, 0.3) is 0 Å². The number of carbonyl (C=O) groups is 1. The number of halogens is 3. The number of aryl methyl sites for hydroxylation is 1. The number of likely N-dealkylation sites (tertiary alicyclic amines) is 1. The standard InChI is InChI=1S/C30H30F3N3O2/c1-20-15-25(22-9-10-27(34-17-22)21-7-8-21)23(16-26(20)30(31,32)33)18-35-13-11-29(12-14-35)19-36(28(37)38-29)24-5-3-2-4-6-24/h2-6,9-10,15-17,21H,7-8,11-14,18-19H2,1H3. The van der Waals surface area contributed by atoms with E-state index in [4.69, 9.17) is 4.74 Å². The average Bonchev–Trinajstić information content (AvgIpc) is 3.70. The summed E-state index contributed by atoms with van der Waals surface area (Å²) in [7, 11) is 0. The minimum absolute atomic E-state index is 0.207. The molecule has 3 aliphatic rings. The monoisotopic (exact) mass is 521 g/mol. The van der Waals surface area contributed by atoms with Crippen molar-refractivity contribution in [3.8, 4) is 11.1 Å². The molecule has 0 N–H and O–H groups in total. The number of para-hydroxylation sites is 1. The minimum atomic E-state index is -4.42. The molecule has 0 unspecified atom stereocenters. The van der Waals surface area contributed by atoms with Gasteiger partial charge in [0.05, 0.1) is 12.1 Å². The Balaban J connectivity index is 1.22. The Morgan fingerprint density at radius 2 is 1.79 bits per heavy atom. The number of piperidine rings is 1. The van der Waals surface area contributed by atoms with E-state index in [0.717, 1.165) is 35.3 Å². The molecule has 2 saturated heterocycles. The van der Waals surface area contributed by atoms with Gasteiger partial charge in [0.15, 0.2) is 0 Å². The van der Waals surface area contributed by atoms with Crippen molar-refractivity contribution in [2.45, 2.75) is 56.8 Å². The molecule has 8 heteroatoms. The summed E-state index contributed by atoms with van der Waals surface area (Å²) in [6.07, 6.45) is 0.580. The Morgan fingerprint density at radius 3 is 2.42 bits per heavy atom. The highest BCUT2D eigenvalue weighted by atomic mass is 19.4. The Kier molecular flexibility index (Phi) is 6.17. The van der Waals surface area contributed by atoms with Crippen molar-refractivity contribution < 1.29 is 22.7 Å². The van der Waals surface area contributed by atoms with Gasteiger partial charge in [-0.15, -0.1) is 0 Å². The number of hydrogen-bond donors (Lipinski definition) is 0. The summed E-state index contributed by atoms with van der Waals surface area (Å²) in [6.45, 7) is 3.64. The maximum atomic E-state index is 13.8. The molecule has 3 heterocycles. The zero-order chi connectivity index (χ0) is 26.5. The molecule has 2 aromatic carbocycles. The molecule has 3 fully saturated rings. The molecule has 2 aliphatic heterocycles. The maximum Gasteiger partial charge on any atom is 0.416 e. The smallest absolute Gasteiger partial charge is 0.416 e. The van der Waals surface area contributed by atoms with Crippen LogP contribution in [0, 0.1) is 6.92 Å². The van der Waals surface area contributed by atoms with Crippen molar-refractivity contribution in [3.63, 3.8) is 0 Å². The summed E-state index contributed by atoms with van der Waals surface area (Å²) in [5.41, 5.74) is 3.15. The molecule has 6 rings (SSSR count). The van der Waals surface area contributed by atoms with Gasteiger partial charge in [-0.1, -0.05) is 30.3 Å². The molecule has 38 heavy (non-hydrogen) atoms. The highest BCUT2D eigenvalue weighted by molar-refractivity contribution is 5.90. The van der Waals surface area contributed by atoms with E-state index >= 15 is 0 Å². The van der Waals surface area contributed by atoms with Crippen molar-refractivity contribution in [2.24, 2.45) is 0 Å². The number of nitrogens with zero attached hydrogens (tertiary/aromatic N) is 3. The lowest BCUT2D eigenvalue weighted by atomic mass is 9.90. The van der Waals surface area contributed by atoms with E-state index in [9.17, 15) is 18.0 Å². The summed E-state index contributed by atoms with van der Waals surface area (Å²) in [5.74, 6) is 0.515. The van der Waals surface area contributed by atoms with Gasteiger partial charge in [-0.3, -0.25) is 14.8 Å². The van der Waals surface area contributed by atoms with Crippen molar-refractivity contribution in [1.29, 1.82) is 0 Å². The van der Waals surface area contributed by atoms with Crippen LogP contribution < -0.4 is 4.90 Å². The van der Waals surface area contributed by atoms with Crippen LogP contribution in [0.1, 0.15) is 54.0 Å². The Morgan fingerprint density at radius 1 is 1.05 bits per heavy atom. The molecule has 1 saturated carbocycles. The number of ether oxygens (including phenoxy) is 1. The molecular weight excluding hydrogens is 491 g/mol. The van der Waals surface area contributed by atoms with Crippen LogP contribution in [0.25, 0.3) is 11.1 Å². The molecule has 0 bridgehead atoms. The van der Waals surface area contributed by atoms with Crippen molar-refractivity contribution in [3.05, 3.63) is 83.2 Å². The second-order valence-electron chi connectivity index (χ2n) is 10.8. The summed E-state index contributed by atoms with van der Waals surface area (Å²) in [6, 6.07) is 16.4. The normalized spacial score (nSPS) is 19.7. The summed E-state index contributed by atoms with van der Waals surface area (Å²) in [4.78, 5) is 21.1. The van der Waals surface area contributed by atoms with Gasteiger partial charge in [0.2, 0.25) is 0 Å². The topological polar surface area (TPSA) is 45.7 Å². The maximum absolute atomic E-state index is 13.8. The fraction of sp³-hybridized carbons (Fsp3) is 0.400. The molecule has 0 atom stereocenters. The second-order valence-corrected chi connectivity index (χ2v) is 10.8. The molecule has 0 radical (unpaired) electrons. The Hall–Kier alpha value is -3.39. The van der Waals surface area contributed by atoms with Crippen LogP contribution in [0.2, 0.25) is 0 Å². The largest absolute Gasteiger partial charge is 0.441 e. The number of aromatic nitrogens is 1. The summed E-state index contributed by atoms with van der Waals surface area (Å²) >= 11 is 0. The van der Waals surface area contributed by atoms with Crippen LogP contribution in [0.15, 0.2) is 60.8 Å². The van der Waals surface area contributed by atoms with Gasteiger partial charge in [-0.05, 0) is 60.7 Å². The first-order valence-electron chi connectivity index (χ1n) is 13.2. The number of rotatable bonds is 5. The zero-order valence-electron chi connectivity index (χ0n) is 21.3. The number of pyridine rings is 1. The summed E-state index contributed by atoms with van der Waals surface area (Å²) in [5, 5.41) is 0. The predicted molar refractivity (Wildman–Crippen MR) is 139 cm³/mol. The number of anilines is 1. The van der Waals surface area contributed by atoms with E-state index in [1.807, 2.05) is 42.5 Å². The predicted octanol–water partition coefficient (Wildman–Crippen LogP) is 6.94. The van der Waals surface area contributed by atoms with Crippen LogP contribution in [0.5, 0.6) is 0 Å². The quantitative estimate of drug-likeness (QED) is 0.365. The molecular formula is C30H30F3N3O2. The number of alkyl halides is 3. The zero-order valence-corrected chi connectivity index (χ0v) is 21.3. The third-order valence-electron chi connectivity index (χ3n) is 8.05. The van der Waals surface area contributed by atoms with E-state index < -0.39 is 17.3 Å². The van der Waals surface area contributed by atoms with Crippen LogP contribution in [0.3, 0.4) is 0 Å². The van der Waals surface area contributed by atoms with E-state index in [1.54, 1.807) is 17.2 Å². The fourth-order valence-electron chi connectivity index (χ4n) is 5.69. The first-order chi connectivity index (χ1) is 18.2. The molecule has 1 amide bonds. The third-order valence-corrected chi connectivity index (χ3v) is 8.05. The van der Waals surface area contributed by atoms with E-state index in [-0.39, 0.29) is 11.7 Å². The van der Waals surface area contributed by atoms with E-state index in [2.05, 4.69) is 9.88 Å². The highest BCUT2D eigenvalue weighted by Crippen LogP contribution is 2.41. The molecule has 3 aromatic rings. The van der Waals surface area contributed by atoms with E-state index in [1.165, 1.54) is 13.0 Å². The molecule has 1 aromatic heterocycles. The van der Waals surface area contributed by atoms with Crippen molar-refractivity contribution >= 4 is 11.8 Å². The molecule has 1 spiro atoms. The summed E-state index contributed by atoms with van der Waals surface area (Å²) < 4.78 is 47.3. The van der Waals surface area contributed by atoms with Gasteiger partial charge in [0, 0.05) is 61.5 Å². The van der Waals surface area contributed by atoms with E-state index in [0.29, 0.717) is 50.5 Å². The Labute approximate surface area is 220 Å². The van der Waals surface area contributed by atoms with Crippen LogP contribution in [-0.4, -0.2) is 41.2 Å². The number of amides is 1. The minimum Gasteiger partial charge on any atom is -0.441 e. The number of benzene rings is 2. The first kappa shape index (κ1) is 24.9. The number of hydrogen-bond acceptors (Lipinski definition) is 4. The van der Waals surface area contributed by atoms with Crippen LogP contribution in [-0.2, 0) is 17.5 Å². The highest BCUT2D eigenvalue weighted by Gasteiger charge is 2.47. The Bertz CT molecular complexity index is 1330. The van der Waals surface area contributed by atoms with Crippen molar-refractivity contribution in [2.75, 3.05) is 24.5 Å². The molecule has 1 aliphatic carbocycles. The lowest BCUT2D eigenvalue weighted by Crippen LogP contribution is -2.46. The van der Waals surface area contributed by atoms with Gasteiger partial charge >= 0.3 is 12.3 Å². The fourth-order valence-corrected chi connectivity index (χ4v) is 5.69. The van der Waals surface area contributed by atoms with Crippen LogP contribution in [0.4, 0.5) is 23.7 Å². The third kappa shape index (κ3) is 4.89. The van der Waals surface area contributed by atoms with Gasteiger partial charge in [0.1, 0.15) is 5.60 Å². The van der Waals surface area contributed by atoms with Crippen LogP contribution >= 0.6 is 0 Å². The first-order valence-corrected chi connectivity index (χ1v) is 13.2. The number of carbonyl (C=O) groups excluding carboxylic acids is 1. The lowest BCUT2D eigenvalue weighted by Gasteiger charge is -2.37. The lowest BCUT2D eigenvalue weighted by molar-refractivity contribution is -0.138. The average molecular weight is 522 g/mol. The molecule has 5 nitrogen and oxygen atoms in total. The van der Waals surface area contributed by atoms with Gasteiger partial charge in [-0.2, -0.15) is 13.2 Å². The van der Waals surface area contributed by atoms with Gasteiger partial charge < -0.3 is 4.74 Å². The second kappa shape index (κ2) is 9.42.